The van der Waals surface area contributed by atoms with Crippen LogP contribution in [-0.4, -0.2) is 49.1 Å². The van der Waals surface area contributed by atoms with Crippen molar-refractivity contribution in [2.45, 2.75) is 31.6 Å². The predicted molar refractivity (Wildman–Crippen MR) is 96.4 cm³/mol. The lowest BCUT2D eigenvalue weighted by Gasteiger charge is -2.27. The summed E-state index contributed by atoms with van der Waals surface area (Å²) >= 11 is 1.47. The molecule has 0 spiro atoms. The molecule has 0 N–H and O–H groups in total. The van der Waals surface area contributed by atoms with E-state index in [1.165, 1.54) is 11.8 Å². The maximum Gasteiger partial charge on any atom is 0.232 e. The molecule has 1 aromatic rings. The van der Waals surface area contributed by atoms with Gasteiger partial charge in [-0.15, -0.1) is 11.8 Å². The zero-order chi connectivity index (χ0) is 17.6. The molecule has 24 heavy (non-hydrogen) atoms. The minimum atomic E-state index is -3.00. The van der Waals surface area contributed by atoms with E-state index in [0.29, 0.717) is 30.0 Å². The van der Waals surface area contributed by atoms with E-state index in [-0.39, 0.29) is 23.5 Å². The maximum atomic E-state index is 12.5. The van der Waals surface area contributed by atoms with Crippen LogP contribution in [-0.2, 0) is 20.4 Å². The van der Waals surface area contributed by atoms with Crippen molar-refractivity contribution in [3.05, 3.63) is 35.4 Å². The maximum absolute atomic E-state index is 12.5. The first kappa shape index (κ1) is 18.8. The average molecular weight is 367 g/mol. The van der Waals surface area contributed by atoms with Gasteiger partial charge in [0.05, 0.1) is 28.9 Å². The molecule has 1 aliphatic heterocycles. The van der Waals surface area contributed by atoms with Crippen LogP contribution in [0.4, 0.5) is 0 Å². The Morgan fingerprint density at radius 2 is 2.17 bits per heavy atom. The lowest BCUT2D eigenvalue weighted by Crippen LogP contribution is -2.42. The number of thioether (sulfide) groups is 1. The Morgan fingerprint density at radius 3 is 2.79 bits per heavy atom. The van der Waals surface area contributed by atoms with Crippen molar-refractivity contribution in [1.82, 2.24) is 4.90 Å². The summed E-state index contributed by atoms with van der Waals surface area (Å²) in [4.78, 5) is 14.3. The van der Waals surface area contributed by atoms with Gasteiger partial charge in [0.2, 0.25) is 5.91 Å². The largest absolute Gasteiger partial charge is 0.338 e. The summed E-state index contributed by atoms with van der Waals surface area (Å²) in [6.07, 6.45) is 1.35. The van der Waals surface area contributed by atoms with Gasteiger partial charge < -0.3 is 4.90 Å². The minimum Gasteiger partial charge on any atom is -0.338 e. The topological polar surface area (TPSA) is 78.2 Å². The Hall–Kier alpha value is -1.52. The second kappa shape index (κ2) is 8.54. The highest BCUT2D eigenvalue weighted by molar-refractivity contribution is 7.99. The van der Waals surface area contributed by atoms with Crippen molar-refractivity contribution in [3.8, 4) is 6.07 Å². The SMILES string of the molecule is CCCN(C(=O)CSCc1ccccc1C#N)[C@H]1CCS(=O)(=O)C1. The van der Waals surface area contributed by atoms with Crippen molar-refractivity contribution in [2.24, 2.45) is 0 Å². The molecule has 2 rings (SSSR count). The lowest BCUT2D eigenvalue weighted by molar-refractivity contribution is -0.130. The number of amides is 1. The highest BCUT2D eigenvalue weighted by Gasteiger charge is 2.34. The highest BCUT2D eigenvalue weighted by atomic mass is 32.2. The Labute approximate surface area is 148 Å². The summed E-state index contributed by atoms with van der Waals surface area (Å²) in [5, 5.41) is 9.09. The fourth-order valence-corrected chi connectivity index (χ4v) is 5.50. The first-order valence-electron chi connectivity index (χ1n) is 8.02. The quantitative estimate of drug-likeness (QED) is 0.739. The van der Waals surface area contributed by atoms with Gasteiger partial charge in [0.1, 0.15) is 0 Å². The van der Waals surface area contributed by atoms with Gasteiger partial charge in [-0.1, -0.05) is 25.1 Å². The standard InChI is InChI=1S/C17H22N2O3S2/c1-2-8-19(16-7-9-24(21,22)13-16)17(20)12-23-11-15-6-4-3-5-14(15)10-18/h3-6,16H,2,7-9,11-13H2,1H3/t16-/m0/s1. The molecular formula is C17H22N2O3S2. The van der Waals surface area contributed by atoms with Crippen LogP contribution >= 0.6 is 11.8 Å². The van der Waals surface area contributed by atoms with Crippen LogP contribution in [0.2, 0.25) is 0 Å². The molecule has 0 unspecified atom stereocenters. The smallest absolute Gasteiger partial charge is 0.232 e. The van der Waals surface area contributed by atoms with Crippen molar-refractivity contribution < 1.29 is 13.2 Å². The first-order chi connectivity index (χ1) is 11.5. The summed E-state index contributed by atoms with van der Waals surface area (Å²) in [7, 11) is -3.00. The van der Waals surface area contributed by atoms with Gasteiger partial charge in [-0.25, -0.2) is 8.42 Å². The van der Waals surface area contributed by atoms with Crippen molar-refractivity contribution in [1.29, 1.82) is 5.26 Å². The third kappa shape index (κ3) is 4.99. The zero-order valence-corrected chi connectivity index (χ0v) is 15.4. The summed E-state index contributed by atoms with van der Waals surface area (Å²) in [5.41, 5.74) is 1.55. The van der Waals surface area contributed by atoms with Crippen LogP contribution < -0.4 is 0 Å². The molecule has 0 saturated carbocycles. The highest BCUT2D eigenvalue weighted by Crippen LogP contribution is 2.21. The van der Waals surface area contributed by atoms with E-state index in [1.54, 1.807) is 11.0 Å². The van der Waals surface area contributed by atoms with Crippen LogP contribution in [0.5, 0.6) is 0 Å². The number of benzene rings is 1. The number of nitrogens with zero attached hydrogens (tertiary/aromatic N) is 2. The predicted octanol–water partition coefficient (Wildman–Crippen LogP) is 2.22. The lowest BCUT2D eigenvalue weighted by atomic mass is 10.1. The average Bonchev–Trinajstić information content (AvgIpc) is 2.92. The molecule has 1 fully saturated rings. The summed E-state index contributed by atoms with van der Waals surface area (Å²) < 4.78 is 23.3. The molecular weight excluding hydrogens is 344 g/mol. The molecule has 1 amide bonds. The summed E-state index contributed by atoms with van der Waals surface area (Å²) in [6.45, 7) is 2.58. The second-order valence-electron chi connectivity index (χ2n) is 5.91. The van der Waals surface area contributed by atoms with Gasteiger partial charge in [0.25, 0.3) is 0 Å². The van der Waals surface area contributed by atoms with Crippen LogP contribution in [0.25, 0.3) is 0 Å². The van der Waals surface area contributed by atoms with Gasteiger partial charge in [-0.3, -0.25) is 4.79 Å². The Bertz CT molecular complexity index is 726. The number of rotatable bonds is 7. The molecule has 5 nitrogen and oxygen atoms in total. The van der Waals surface area contributed by atoms with E-state index < -0.39 is 9.84 Å². The second-order valence-corrected chi connectivity index (χ2v) is 9.12. The van der Waals surface area contributed by atoms with Gasteiger partial charge >= 0.3 is 0 Å². The van der Waals surface area contributed by atoms with Crippen molar-refractivity contribution in [3.63, 3.8) is 0 Å². The van der Waals surface area contributed by atoms with E-state index in [4.69, 9.17) is 5.26 Å². The monoisotopic (exact) mass is 366 g/mol. The van der Waals surface area contributed by atoms with Gasteiger partial charge in [0.15, 0.2) is 9.84 Å². The van der Waals surface area contributed by atoms with Crippen molar-refractivity contribution >= 4 is 27.5 Å². The number of hydrogen-bond acceptors (Lipinski definition) is 5. The number of carbonyl (C=O) groups excluding carboxylic acids is 1. The fourth-order valence-electron chi connectivity index (χ4n) is 2.86. The molecule has 130 valence electrons. The van der Waals surface area contributed by atoms with Crippen LogP contribution in [0.3, 0.4) is 0 Å². The van der Waals surface area contributed by atoms with E-state index in [0.717, 1.165) is 12.0 Å². The fraction of sp³-hybridized carbons (Fsp3) is 0.529. The molecule has 7 heteroatoms. The zero-order valence-electron chi connectivity index (χ0n) is 13.8. The Morgan fingerprint density at radius 1 is 1.42 bits per heavy atom. The number of nitriles is 1. The normalized spacial score (nSPS) is 18.9. The molecule has 1 aromatic carbocycles. The molecule has 1 saturated heterocycles. The third-order valence-corrected chi connectivity index (χ3v) is 6.77. The van der Waals surface area contributed by atoms with Gasteiger partial charge in [-0.2, -0.15) is 5.26 Å². The number of sulfone groups is 1. The molecule has 0 aromatic heterocycles. The van der Waals surface area contributed by atoms with Gasteiger partial charge in [-0.05, 0) is 24.5 Å². The third-order valence-electron chi connectivity index (χ3n) is 4.05. The first-order valence-corrected chi connectivity index (χ1v) is 11.0. The van der Waals surface area contributed by atoms with Crippen molar-refractivity contribution in [2.75, 3.05) is 23.8 Å². The number of hydrogen-bond donors (Lipinski definition) is 0. The van der Waals surface area contributed by atoms with E-state index in [2.05, 4.69) is 6.07 Å². The molecule has 1 atom stereocenters. The molecule has 1 heterocycles. The van der Waals surface area contributed by atoms with Crippen LogP contribution in [0.1, 0.15) is 30.9 Å². The van der Waals surface area contributed by atoms with Crippen LogP contribution in [0, 0.1) is 11.3 Å². The summed E-state index contributed by atoms with van der Waals surface area (Å²) in [6, 6.07) is 9.33. The molecule has 0 bridgehead atoms. The Kier molecular flexibility index (Phi) is 6.69. The Balaban J connectivity index is 1.93. The van der Waals surface area contributed by atoms with Gasteiger partial charge in [0, 0.05) is 18.3 Å². The molecule has 0 aliphatic carbocycles. The van der Waals surface area contributed by atoms with E-state index in [9.17, 15) is 13.2 Å². The molecule has 0 radical (unpaired) electrons. The number of carbonyl (C=O) groups is 1. The molecule has 1 aliphatic rings. The minimum absolute atomic E-state index is 0.0154. The van der Waals surface area contributed by atoms with E-state index >= 15 is 0 Å². The van der Waals surface area contributed by atoms with Crippen LogP contribution in [0.15, 0.2) is 24.3 Å². The van der Waals surface area contributed by atoms with E-state index in [1.807, 2.05) is 25.1 Å². The summed E-state index contributed by atoms with van der Waals surface area (Å²) in [5.74, 6) is 1.14.